The van der Waals surface area contributed by atoms with Crippen LogP contribution < -0.4 is 14.8 Å². The summed E-state index contributed by atoms with van der Waals surface area (Å²) in [4.78, 5) is 4.63. The number of ether oxygens (including phenoxy) is 1. The predicted molar refractivity (Wildman–Crippen MR) is 97.6 cm³/mol. The molecule has 0 spiro atoms. The minimum Gasteiger partial charge on any atom is -0.494 e. The Labute approximate surface area is 147 Å². The second kappa shape index (κ2) is 7.96. The molecule has 0 unspecified atom stereocenters. The van der Waals surface area contributed by atoms with E-state index >= 15 is 0 Å². The van der Waals surface area contributed by atoms with Crippen LogP contribution in [0.4, 0.5) is 5.13 Å². The molecular weight excluding hydrogens is 346 g/mol. The van der Waals surface area contributed by atoms with Gasteiger partial charge in [0.15, 0.2) is 5.13 Å². The number of aromatic nitrogens is 1. The van der Waals surface area contributed by atoms with E-state index in [1.165, 1.54) is 11.3 Å². The number of aryl methyl sites for hydroxylation is 2. The highest BCUT2D eigenvalue weighted by Gasteiger charge is 2.18. The molecule has 24 heavy (non-hydrogen) atoms. The van der Waals surface area contributed by atoms with Crippen LogP contribution in [0.15, 0.2) is 22.4 Å². The van der Waals surface area contributed by atoms with Crippen molar-refractivity contribution < 1.29 is 13.2 Å². The SMILES string of the molecule is CCOc1cc(C)c(S(=O)(=O)NCCc2csc(NC)n2)cc1C. The van der Waals surface area contributed by atoms with Crippen LogP contribution in [0.25, 0.3) is 0 Å². The Hall–Kier alpha value is -1.64. The number of rotatable bonds is 8. The number of thiazole rings is 1. The molecule has 8 heteroatoms. The lowest BCUT2D eigenvalue weighted by Gasteiger charge is -2.13. The van der Waals surface area contributed by atoms with Gasteiger partial charge in [-0.15, -0.1) is 11.3 Å². The summed E-state index contributed by atoms with van der Waals surface area (Å²) in [5.74, 6) is 0.719. The molecule has 132 valence electrons. The van der Waals surface area contributed by atoms with Gasteiger partial charge >= 0.3 is 0 Å². The average Bonchev–Trinajstić information content (AvgIpc) is 2.98. The van der Waals surface area contributed by atoms with Gasteiger partial charge in [-0.1, -0.05) is 0 Å². The van der Waals surface area contributed by atoms with Gasteiger partial charge in [-0.2, -0.15) is 0 Å². The molecule has 1 aromatic carbocycles. The van der Waals surface area contributed by atoms with E-state index in [1.54, 1.807) is 19.1 Å². The van der Waals surface area contributed by atoms with E-state index in [2.05, 4.69) is 15.0 Å². The zero-order chi connectivity index (χ0) is 17.7. The van der Waals surface area contributed by atoms with E-state index in [0.29, 0.717) is 25.1 Å². The van der Waals surface area contributed by atoms with E-state index < -0.39 is 10.0 Å². The number of sulfonamides is 1. The Bertz CT molecular complexity index is 801. The summed E-state index contributed by atoms with van der Waals surface area (Å²) >= 11 is 1.50. The summed E-state index contributed by atoms with van der Waals surface area (Å²) in [6.45, 7) is 6.38. The Morgan fingerprint density at radius 1 is 1.25 bits per heavy atom. The fourth-order valence-electron chi connectivity index (χ4n) is 2.29. The predicted octanol–water partition coefficient (Wildman–Crippen LogP) is 2.72. The second-order valence-corrected chi connectivity index (χ2v) is 7.95. The van der Waals surface area contributed by atoms with E-state index in [9.17, 15) is 8.42 Å². The Morgan fingerprint density at radius 2 is 2.00 bits per heavy atom. The average molecular weight is 370 g/mol. The molecule has 0 aliphatic heterocycles. The fourth-order valence-corrected chi connectivity index (χ4v) is 4.34. The Morgan fingerprint density at radius 3 is 2.62 bits per heavy atom. The van der Waals surface area contributed by atoms with Gasteiger partial charge in [0.1, 0.15) is 5.75 Å². The van der Waals surface area contributed by atoms with Crippen molar-refractivity contribution in [3.8, 4) is 5.75 Å². The van der Waals surface area contributed by atoms with Crippen molar-refractivity contribution in [3.05, 3.63) is 34.3 Å². The molecule has 2 aromatic rings. The van der Waals surface area contributed by atoms with Crippen LogP contribution in [0.5, 0.6) is 5.75 Å². The molecule has 0 aliphatic rings. The van der Waals surface area contributed by atoms with Gasteiger partial charge in [0, 0.05) is 25.4 Å². The highest BCUT2D eigenvalue weighted by Crippen LogP contribution is 2.25. The molecule has 0 aliphatic carbocycles. The number of hydrogen-bond acceptors (Lipinski definition) is 6. The third-order valence-electron chi connectivity index (χ3n) is 3.50. The van der Waals surface area contributed by atoms with Crippen LogP contribution in [0.1, 0.15) is 23.7 Å². The zero-order valence-corrected chi connectivity index (χ0v) is 16.0. The molecule has 2 N–H and O–H groups in total. The van der Waals surface area contributed by atoms with Crippen molar-refractivity contribution in [2.75, 3.05) is 25.5 Å². The van der Waals surface area contributed by atoms with Gasteiger partial charge < -0.3 is 10.1 Å². The van der Waals surface area contributed by atoms with Crippen molar-refractivity contribution in [2.45, 2.75) is 32.1 Å². The molecule has 1 heterocycles. The molecule has 0 saturated heterocycles. The normalized spacial score (nSPS) is 11.5. The van der Waals surface area contributed by atoms with Crippen molar-refractivity contribution >= 4 is 26.5 Å². The van der Waals surface area contributed by atoms with Gasteiger partial charge in [0.2, 0.25) is 10.0 Å². The molecule has 0 amide bonds. The van der Waals surface area contributed by atoms with Crippen molar-refractivity contribution in [1.82, 2.24) is 9.71 Å². The fraction of sp³-hybridized carbons (Fsp3) is 0.438. The molecule has 0 radical (unpaired) electrons. The monoisotopic (exact) mass is 369 g/mol. The standard InChI is InChI=1S/C16H23N3O3S2/c1-5-22-14-8-12(3)15(9-11(14)2)24(20,21)18-7-6-13-10-23-16(17-4)19-13/h8-10,18H,5-7H2,1-4H3,(H,17,19). The maximum Gasteiger partial charge on any atom is 0.240 e. The highest BCUT2D eigenvalue weighted by molar-refractivity contribution is 7.89. The van der Waals surface area contributed by atoms with E-state index in [4.69, 9.17) is 4.74 Å². The van der Waals surface area contributed by atoms with Crippen LogP contribution in [0, 0.1) is 13.8 Å². The van der Waals surface area contributed by atoms with Crippen LogP contribution in [-0.4, -0.2) is 33.6 Å². The second-order valence-electron chi connectivity index (χ2n) is 5.36. The van der Waals surface area contributed by atoms with Crippen LogP contribution in [0.2, 0.25) is 0 Å². The first-order valence-corrected chi connectivity index (χ1v) is 10.1. The summed E-state index contributed by atoms with van der Waals surface area (Å²) in [5.41, 5.74) is 2.34. The number of anilines is 1. The summed E-state index contributed by atoms with van der Waals surface area (Å²) < 4.78 is 33.2. The molecule has 0 fully saturated rings. The summed E-state index contributed by atoms with van der Waals surface area (Å²) in [7, 11) is -1.75. The van der Waals surface area contributed by atoms with Crippen LogP contribution >= 0.6 is 11.3 Å². The first-order chi connectivity index (χ1) is 11.4. The summed E-state index contributed by atoms with van der Waals surface area (Å²) in [6.07, 6.45) is 0.548. The molecule has 0 bridgehead atoms. The van der Waals surface area contributed by atoms with Gasteiger partial charge in [0.05, 0.1) is 17.2 Å². The molecule has 1 aromatic heterocycles. The van der Waals surface area contributed by atoms with Gasteiger partial charge in [0.25, 0.3) is 0 Å². The van der Waals surface area contributed by atoms with E-state index in [0.717, 1.165) is 22.1 Å². The maximum absolute atomic E-state index is 12.5. The minimum absolute atomic E-state index is 0.289. The molecule has 0 atom stereocenters. The van der Waals surface area contributed by atoms with Crippen molar-refractivity contribution in [3.63, 3.8) is 0 Å². The van der Waals surface area contributed by atoms with Crippen LogP contribution in [0.3, 0.4) is 0 Å². The number of hydrogen-bond donors (Lipinski definition) is 2. The molecule has 2 rings (SSSR count). The maximum atomic E-state index is 12.5. The van der Waals surface area contributed by atoms with Crippen molar-refractivity contribution in [1.29, 1.82) is 0 Å². The Kier molecular flexibility index (Phi) is 6.20. The lowest BCUT2D eigenvalue weighted by atomic mass is 10.1. The first kappa shape index (κ1) is 18.7. The van der Waals surface area contributed by atoms with Crippen LogP contribution in [-0.2, 0) is 16.4 Å². The summed E-state index contributed by atoms with van der Waals surface area (Å²) in [5, 5.41) is 5.71. The first-order valence-electron chi connectivity index (χ1n) is 7.73. The highest BCUT2D eigenvalue weighted by atomic mass is 32.2. The molecule has 0 saturated carbocycles. The number of benzene rings is 1. The zero-order valence-electron chi connectivity index (χ0n) is 14.3. The van der Waals surface area contributed by atoms with Crippen molar-refractivity contribution in [2.24, 2.45) is 0 Å². The van der Waals surface area contributed by atoms with E-state index in [1.807, 2.05) is 26.3 Å². The lowest BCUT2D eigenvalue weighted by Crippen LogP contribution is -2.26. The van der Waals surface area contributed by atoms with Gasteiger partial charge in [-0.05, 0) is 44.0 Å². The topological polar surface area (TPSA) is 80.3 Å². The number of nitrogens with zero attached hydrogens (tertiary/aromatic N) is 1. The molecular formula is C16H23N3O3S2. The van der Waals surface area contributed by atoms with E-state index in [-0.39, 0.29) is 4.90 Å². The minimum atomic E-state index is -3.56. The largest absolute Gasteiger partial charge is 0.494 e. The van der Waals surface area contributed by atoms with Gasteiger partial charge in [-0.25, -0.2) is 18.1 Å². The van der Waals surface area contributed by atoms with Gasteiger partial charge in [-0.3, -0.25) is 0 Å². The summed E-state index contributed by atoms with van der Waals surface area (Å²) in [6, 6.07) is 3.43. The molecule has 6 nitrogen and oxygen atoms in total. The Balaban J connectivity index is 2.08. The smallest absolute Gasteiger partial charge is 0.240 e. The quantitative estimate of drug-likeness (QED) is 0.748. The third kappa shape index (κ3) is 4.46. The number of nitrogens with one attached hydrogen (secondary N) is 2. The third-order valence-corrected chi connectivity index (χ3v) is 6.01. The lowest BCUT2D eigenvalue weighted by molar-refractivity contribution is 0.337.